The number of para-hydroxylation sites is 1. The van der Waals surface area contributed by atoms with Crippen LogP contribution in [0.4, 0.5) is 0 Å². The average molecular weight is 408 g/mol. The molecule has 5 fully saturated rings. The largest absolute Gasteiger partial charge is 0.298 e. The summed E-state index contributed by atoms with van der Waals surface area (Å²) in [5.41, 5.74) is 1.06. The first-order valence-electron chi connectivity index (χ1n) is 11.3. The number of rotatable bonds is 6. The summed E-state index contributed by atoms with van der Waals surface area (Å²) in [5, 5.41) is 9.90. The smallest absolute Gasteiger partial charge is 0.196 e. The van der Waals surface area contributed by atoms with Gasteiger partial charge in [-0.05, 0) is 88.2 Å². The fourth-order valence-corrected chi connectivity index (χ4v) is 7.90. The third kappa shape index (κ3) is 3.08. The van der Waals surface area contributed by atoms with Crippen molar-refractivity contribution in [2.45, 2.75) is 74.6 Å². The summed E-state index contributed by atoms with van der Waals surface area (Å²) in [4.78, 5) is 13.7. The first-order chi connectivity index (χ1) is 14.1. The Morgan fingerprint density at radius 3 is 2.24 bits per heavy atom. The first kappa shape index (κ1) is 18.2. The topological polar surface area (TPSA) is 47.8 Å². The van der Waals surface area contributed by atoms with Gasteiger partial charge in [0.05, 0.1) is 5.25 Å². The van der Waals surface area contributed by atoms with Gasteiger partial charge in [-0.25, -0.2) is 0 Å². The van der Waals surface area contributed by atoms with Gasteiger partial charge in [-0.3, -0.25) is 9.36 Å². The van der Waals surface area contributed by atoms with Crippen molar-refractivity contribution in [3.8, 4) is 5.69 Å². The van der Waals surface area contributed by atoms with Crippen LogP contribution in [0.25, 0.3) is 5.69 Å². The standard InChI is InChI=1S/C24H29N3OS/c1-15(21(28)24-12-16-9-17(13-24)11-18(10-16)14-24)29-23-26-25-22(19-7-8-19)27(23)20-5-3-2-4-6-20/h2-6,15-19H,7-14H2,1H3. The lowest BCUT2D eigenvalue weighted by atomic mass is 9.48. The minimum atomic E-state index is -0.0648. The van der Waals surface area contributed by atoms with Crippen molar-refractivity contribution in [3.63, 3.8) is 0 Å². The van der Waals surface area contributed by atoms with E-state index in [9.17, 15) is 4.79 Å². The molecule has 4 bridgehead atoms. The molecule has 152 valence electrons. The van der Waals surface area contributed by atoms with Crippen LogP contribution >= 0.6 is 11.8 Å². The Morgan fingerprint density at radius 2 is 1.66 bits per heavy atom. The molecular formula is C24H29N3OS. The Labute approximate surface area is 176 Å². The molecule has 0 radical (unpaired) electrons. The van der Waals surface area contributed by atoms with E-state index in [0.29, 0.717) is 11.7 Å². The van der Waals surface area contributed by atoms with E-state index in [2.05, 4.69) is 46.0 Å². The molecule has 5 aliphatic rings. The van der Waals surface area contributed by atoms with Crippen LogP contribution in [0.15, 0.2) is 35.5 Å². The average Bonchev–Trinajstić information content (AvgIpc) is 3.47. The molecule has 0 saturated heterocycles. The lowest BCUT2D eigenvalue weighted by molar-refractivity contribution is -0.142. The Bertz CT molecular complexity index is 898. The van der Waals surface area contributed by atoms with Gasteiger partial charge >= 0.3 is 0 Å². The van der Waals surface area contributed by atoms with Crippen molar-refractivity contribution >= 4 is 17.5 Å². The third-order valence-electron chi connectivity index (χ3n) is 7.83. The van der Waals surface area contributed by atoms with E-state index in [1.54, 1.807) is 11.8 Å². The van der Waals surface area contributed by atoms with Gasteiger partial charge in [0.1, 0.15) is 5.82 Å². The number of carbonyl (C=O) groups excluding carboxylic acids is 1. The Balaban J connectivity index is 1.28. The minimum absolute atomic E-state index is 0.0436. The van der Waals surface area contributed by atoms with E-state index in [1.165, 1.54) is 32.1 Å². The van der Waals surface area contributed by atoms with Gasteiger partial charge < -0.3 is 0 Å². The van der Waals surface area contributed by atoms with Gasteiger partial charge in [0.25, 0.3) is 0 Å². The molecule has 0 aliphatic heterocycles. The lowest BCUT2D eigenvalue weighted by Gasteiger charge is -2.56. The highest BCUT2D eigenvalue weighted by Crippen LogP contribution is 2.61. The van der Waals surface area contributed by atoms with Crippen molar-refractivity contribution in [2.24, 2.45) is 23.2 Å². The molecule has 1 heterocycles. The van der Waals surface area contributed by atoms with Crippen molar-refractivity contribution in [3.05, 3.63) is 36.2 Å². The number of nitrogens with zero attached hydrogens (tertiary/aromatic N) is 3. The number of Topliss-reactive ketones (excluding diaryl/α,β-unsaturated/α-hetero) is 1. The molecule has 1 atom stereocenters. The zero-order valence-electron chi connectivity index (χ0n) is 17.1. The normalized spacial score (nSPS) is 33.8. The highest BCUT2D eigenvalue weighted by molar-refractivity contribution is 8.00. The van der Waals surface area contributed by atoms with Crippen LogP contribution in [0.5, 0.6) is 0 Å². The number of aromatic nitrogens is 3. The maximum atomic E-state index is 13.7. The van der Waals surface area contributed by atoms with Crippen LogP contribution in [-0.4, -0.2) is 25.8 Å². The van der Waals surface area contributed by atoms with Gasteiger partial charge in [0, 0.05) is 17.0 Å². The number of hydrogen-bond donors (Lipinski definition) is 0. The molecule has 0 N–H and O–H groups in total. The predicted molar refractivity (Wildman–Crippen MR) is 114 cm³/mol. The summed E-state index contributed by atoms with van der Waals surface area (Å²) in [7, 11) is 0. The van der Waals surface area contributed by atoms with Gasteiger partial charge in [-0.1, -0.05) is 30.0 Å². The number of benzene rings is 1. The number of carbonyl (C=O) groups is 1. The zero-order valence-corrected chi connectivity index (χ0v) is 17.9. The summed E-state index contributed by atoms with van der Waals surface area (Å²) in [6.07, 6.45) is 9.93. The predicted octanol–water partition coefficient (Wildman–Crippen LogP) is 5.41. The fourth-order valence-electron chi connectivity index (χ4n) is 6.84. The highest BCUT2D eigenvalue weighted by Gasteiger charge is 2.55. The molecule has 5 saturated carbocycles. The number of ketones is 1. The van der Waals surface area contributed by atoms with E-state index in [4.69, 9.17) is 0 Å². The van der Waals surface area contributed by atoms with E-state index in [1.807, 2.05) is 6.07 Å². The Kier molecular flexibility index (Phi) is 4.20. The molecule has 5 heteroatoms. The molecule has 2 aromatic rings. The van der Waals surface area contributed by atoms with E-state index < -0.39 is 0 Å². The molecule has 7 rings (SSSR count). The highest BCUT2D eigenvalue weighted by atomic mass is 32.2. The van der Waals surface area contributed by atoms with Crippen molar-refractivity contribution in [1.82, 2.24) is 14.8 Å². The summed E-state index contributed by atoms with van der Waals surface area (Å²) in [6.45, 7) is 2.10. The molecule has 0 spiro atoms. The molecule has 1 aromatic heterocycles. The monoisotopic (exact) mass is 407 g/mol. The second-order valence-electron chi connectivity index (χ2n) is 10.1. The Morgan fingerprint density at radius 1 is 1.03 bits per heavy atom. The fraction of sp³-hybridized carbons (Fsp3) is 0.625. The maximum absolute atomic E-state index is 13.7. The summed E-state index contributed by atoms with van der Waals surface area (Å²) in [5.74, 6) is 4.47. The van der Waals surface area contributed by atoms with E-state index in [-0.39, 0.29) is 10.7 Å². The van der Waals surface area contributed by atoms with Gasteiger partial charge in [-0.15, -0.1) is 10.2 Å². The van der Waals surface area contributed by atoms with Crippen LogP contribution in [0.2, 0.25) is 0 Å². The van der Waals surface area contributed by atoms with E-state index >= 15 is 0 Å². The molecular weight excluding hydrogens is 378 g/mol. The van der Waals surface area contributed by atoms with Crippen molar-refractivity contribution < 1.29 is 4.79 Å². The lowest BCUT2D eigenvalue weighted by Crippen LogP contribution is -2.51. The molecule has 1 unspecified atom stereocenters. The zero-order chi connectivity index (χ0) is 19.6. The summed E-state index contributed by atoms with van der Waals surface area (Å²) < 4.78 is 2.20. The second-order valence-corrected chi connectivity index (χ2v) is 11.4. The van der Waals surface area contributed by atoms with Crippen LogP contribution in [-0.2, 0) is 4.79 Å². The number of hydrogen-bond acceptors (Lipinski definition) is 4. The van der Waals surface area contributed by atoms with Gasteiger partial charge in [0.2, 0.25) is 0 Å². The Hall–Kier alpha value is -1.62. The van der Waals surface area contributed by atoms with Crippen LogP contribution in [0, 0.1) is 23.2 Å². The number of thioether (sulfide) groups is 1. The van der Waals surface area contributed by atoms with Gasteiger partial charge in [0.15, 0.2) is 10.9 Å². The SMILES string of the molecule is CC(Sc1nnc(C2CC2)n1-c1ccccc1)C(=O)C12CC3CC(CC(C3)C1)C2. The second kappa shape index (κ2) is 6.69. The summed E-state index contributed by atoms with van der Waals surface area (Å²) >= 11 is 1.63. The van der Waals surface area contributed by atoms with Crippen LogP contribution < -0.4 is 0 Å². The molecule has 5 aliphatic carbocycles. The van der Waals surface area contributed by atoms with E-state index in [0.717, 1.165) is 53.7 Å². The molecule has 0 amide bonds. The van der Waals surface area contributed by atoms with Crippen molar-refractivity contribution in [1.29, 1.82) is 0 Å². The first-order valence-corrected chi connectivity index (χ1v) is 12.2. The summed E-state index contributed by atoms with van der Waals surface area (Å²) in [6, 6.07) is 10.4. The molecule has 29 heavy (non-hydrogen) atoms. The minimum Gasteiger partial charge on any atom is -0.298 e. The maximum Gasteiger partial charge on any atom is 0.196 e. The van der Waals surface area contributed by atoms with Gasteiger partial charge in [-0.2, -0.15) is 0 Å². The van der Waals surface area contributed by atoms with Crippen LogP contribution in [0.1, 0.15) is 70.0 Å². The third-order valence-corrected chi connectivity index (χ3v) is 8.87. The molecule has 1 aromatic carbocycles. The van der Waals surface area contributed by atoms with Crippen molar-refractivity contribution in [2.75, 3.05) is 0 Å². The van der Waals surface area contributed by atoms with Crippen LogP contribution in [0.3, 0.4) is 0 Å². The molecule has 4 nitrogen and oxygen atoms in total. The quantitative estimate of drug-likeness (QED) is 0.601.